The number of carbonyl (C=O) groups excluding carboxylic acids is 1. The standard InChI is InChI=1S/C17H13F2N3O3/c1-10(16(23)21-15-8-12(18)4-7-14(15)19)25-13-5-2-11(3-6-13)17-22-20-9-24-17/h2-10H,1H3,(H,21,23)/t10-/m0/s1. The van der Waals surface area contributed by atoms with Gasteiger partial charge in [-0.3, -0.25) is 4.79 Å². The number of hydrogen-bond donors (Lipinski definition) is 1. The molecular weight excluding hydrogens is 332 g/mol. The highest BCUT2D eigenvalue weighted by atomic mass is 19.1. The number of carbonyl (C=O) groups is 1. The molecule has 0 radical (unpaired) electrons. The van der Waals surface area contributed by atoms with Gasteiger partial charge in [0.05, 0.1) is 5.69 Å². The number of benzene rings is 2. The molecule has 1 N–H and O–H groups in total. The Morgan fingerprint density at radius 2 is 1.96 bits per heavy atom. The minimum Gasteiger partial charge on any atom is -0.481 e. The number of anilines is 1. The monoisotopic (exact) mass is 345 g/mol. The second-order valence-corrected chi connectivity index (χ2v) is 5.14. The van der Waals surface area contributed by atoms with Gasteiger partial charge in [-0.25, -0.2) is 8.78 Å². The lowest BCUT2D eigenvalue weighted by Gasteiger charge is -2.15. The van der Waals surface area contributed by atoms with Crippen LogP contribution in [0, 0.1) is 11.6 Å². The SMILES string of the molecule is C[C@H](Oc1ccc(-c2nnco2)cc1)C(=O)Nc1cc(F)ccc1F. The van der Waals surface area contributed by atoms with E-state index in [-0.39, 0.29) is 5.69 Å². The molecule has 1 atom stereocenters. The van der Waals surface area contributed by atoms with Crippen LogP contribution in [0.25, 0.3) is 11.5 Å². The number of nitrogens with one attached hydrogen (secondary N) is 1. The summed E-state index contributed by atoms with van der Waals surface area (Å²) in [6, 6.07) is 9.46. The number of amides is 1. The Kier molecular flexibility index (Phi) is 4.69. The Bertz CT molecular complexity index is 867. The van der Waals surface area contributed by atoms with Crippen molar-refractivity contribution in [3.63, 3.8) is 0 Å². The molecule has 0 aliphatic rings. The van der Waals surface area contributed by atoms with E-state index in [4.69, 9.17) is 9.15 Å². The number of rotatable bonds is 5. The van der Waals surface area contributed by atoms with Gasteiger partial charge in [0.25, 0.3) is 5.91 Å². The van der Waals surface area contributed by atoms with E-state index in [1.165, 1.54) is 13.3 Å². The molecule has 6 nitrogen and oxygen atoms in total. The highest BCUT2D eigenvalue weighted by molar-refractivity contribution is 5.94. The van der Waals surface area contributed by atoms with Crippen molar-refractivity contribution in [3.05, 3.63) is 60.5 Å². The maximum absolute atomic E-state index is 13.6. The van der Waals surface area contributed by atoms with E-state index < -0.39 is 23.6 Å². The number of aromatic nitrogens is 2. The molecule has 8 heteroatoms. The number of halogens is 2. The number of ether oxygens (including phenoxy) is 1. The van der Waals surface area contributed by atoms with Gasteiger partial charge in [-0.15, -0.1) is 10.2 Å². The van der Waals surface area contributed by atoms with Gasteiger partial charge >= 0.3 is 0 Å². The molecular formula is C17H13F2N3O3. The van der Waals surface area contributed by atoms with Gasteiger partial charge < -0.3 is 14.5 Å². The first-order chi connectivity index (χ1) is 12.0. The third-order valence-corrected chi connectivity index (χ3v) is 3.33. The maximum atomic E-state index is 13.6. The van der Waals surface area contributed by atoms with Crippen LogP contribution < -0.4 is 10.1 Å². The summed E-state index contributed by atoms with van der Waals surface area (Å²) in [5.74, 6) is -1.21. The molecule has 25 heavy (non-hydrogen) atoms. The van der Waals surface area contributed by atoms with Crippen molar-refractivity contribution in [2.75, 3.05) is 5.32 Å². The summed E-state index contributed by atoms with van der Waals surface area (Å²) in [6.45, 7) is 1.50. The van der Waals surface area contributed by atoms with Crippen molar-refractivity contribution in [3.8, 4) is 17.2 Å². The molecule has 0 fully saturated rings. The molecule has 3 aromatic rings. The van der Waals surface area contributed by atoms with Gasteiger partial charge in [-0.2, -0.15) is 0 Å². The van der Waals surface area contributed by atoms with Crippen LogP contribution in [0.1, 0.15) is 6.92 Å². The molecule has 0 spiro atoms. The topological polar surface area (TPSA) is 77.2 Å². The van der Waals surface area contributed by atoms with Crippen LogP contribution in [0.15, 0.2) is 53.3 Å². The Hall–Kier alpha value is -3.29. The minimum atomic E-state index is -0.920. The zero-order chi connectivity index (χ0) is 17.8. The minimum absolute atomic E-state index is 0.243. The Morgan fingerprint density at radius 3 is 2.64 bits per heavy atom. The molecule has 0 saturated heterocycles. The van der Waals surface area contributed by atoms with Crippen molar-refractivity contribution >= 4 is 11.6 Å². The second kappa shape index (κ2) is 7.08. The fourth-order valence-electron chi connectivity index (χ4n) is 2.06. The molecule has 1 aromatic heterocycles. The quantitative estimate of drug-likeness (QED) is 0.767. The first-order valence-electron chi connectivity index (χ1n) is 7.32. The summed E-state index contributed by atoms with van der Waals surface area (Å²) >= 11 is 0. The normalized spacial score (nSPS) is 11.8. The van der Waals surface area contributed by atoms with Crippen molar-refractivity contribution in [1.29, 1.82) is 0 Å². The summed E-state index contributed by atoms with van der Waals surface area (Å²) in [7, 11) is 0. The van der Waals surface area contributed by atoms with Gasteiger partial charge in [0, 0.05) is 11.6 Å². The predicted molar refractivity (Wildman–Crippen MR) is 84.8 cm³/mol. The van der Waals surface area contributed by atoms with Crippen LogP contribution in [-0.2, 0) is 4.79 Å². The molecule has 1 amide bonds. The molecule has 0 unspecified atom stereocenters. The van der Waals surface area contributed by atoms with E-state index in [2.05, 4.69) is 15.5 Å². The predicted octanol–water partition coefficient (Wildman–Crippen LogP) is 3.42. The second-order valence-electron chi connectivity index (χ2n) is 5.14. The summed E-state index contributed by atoms with van der Waals surface area (Å²) in [5.41, 5.74) is 0.455. The molecule has 128 valence electrons. The maximum Gasteiger partial charge on any atom is 0.265 e. The summed E-state index contributed by atoms with van der Waals surface area (Å²) < 4.78 is 37.3. The average Bonchev–Trinajstić information content (AvgIpc) is 3.13. The van der Waals surface area contributed by atoms with Gasteiger partial charge in [-0.1, -0.05) is 0 Å². The lowest BCUT2D eigenvalue weighted by Crippen LogP contribution is -2.30. The van der Waals surface area contributed by atoms with E-state index in [1.54, 1.807) is 24.3 Å². The Labute approximate surface area is 141 Å². The fourth-order valence-corrected chi connectivity index (χ4v) is 2.06. The Morgan fingerprint density at radius 1 is 1.20 bits per heavy atom. The van der Waals surface area contributed by atoms with Crippen LogP contribution in [-0.4, -0.2) is 22.2 Å². The molecule has 0 bridgehead atoms. The highest BCUT2D eigenvalue weighted by Crippen LogP contribution is 2.21. The molecule has 0 aliphatic carbocycles. The van der Waals surface area contributed by atoms with Crippen molar-refractivity contribution in [1.82, 2.24) is 10.2 Å². The fraction of sp³-hybridized carbons (Fsp3) is 0.118. The third-order valence-electron chi connectivity index (χ3n) is 3.33. The number of hydrogen-bond acceptors (Lipinski definition) is 5. The summed E-state index contributed by atoms with van der Waals surface area (Å²) in [4.78, 5) is 12.1. The van der Waals surface area contributed by atoms with Gasteiger partial charge in [0.15, 0.2) is 6.10 Å². The molecule has 0 aliphatic heterocycles. The zero-order valence-corrected chi connectivity index (χ0v) is 13.1. The van der Waals surface area contributed by atoms with Crippen molar-refractivity contribution in [2.24, 2.45) is 0 Å². The van der Waals surface area contributed by atoms with Gasteiger partial charge in [-0.05, 0) is 43.3 Å². The summed E-state index contributed by atoms with van der Waals surface area (Å²) in [5, 5.41) is 9.66. The summed E-state index contributed by atoms with van der Waals surface area (Å²) in [6.07, 6.45) is 0.300. The van der Waals surface area contributed by atoms with Crippen LogP contribution in [0.2, 0.25) is 0 Å². The Balaban J connectivity index is 1.64. The van der Waals surface area contributed by atoms with E-state index in [9.17, 15) is 13.6 Å². The first-order valence-corrected chi connectivity index (χ1v) is 7.32. The largest absolute Gasteiger partial charge is 0.481 e. The molecule has 1 heterocycles. The lowest BCUT2D eigenvalue weighted by molar-refractivity contribution is -0.122. The van der Waals surface area contributed by atoms with E-state index >= 15 is 0 Å². The van der Waals surface area contributed by atoms with E-state index in [0.29, 0.717) is 17.2 Å². The molecule has 3 rings (SSSR count). The highest BCUT2D eigenvalue weighted by Gasteiger charge is 2.17. The van der Waals surface area contributed by atoms with Crippen LogP contribution in [0.5, 0.6) is 5.75 Å². The third kappa shape index (κ3) is 3.97. The van der Waals surface area contributed by atoms with Gasteiger partial charge in [0.1, 0.15) is 17.4 Å². The van der Waals surface area contributed by atoms with Crippen molar-refractivity contribution < 1.29 is 22.7 Å². The van der Waals surface area contributed by atoms with Crippen LogP contribution >= 0.6 is 0 Å². The van der Waals surface area contributed by atoms with E-state index in [0.717, 1.165) is 18.2 Å². The van der Waals surface area contributed by atoms with E-state index in [1.807, 2.05) is 0 Å². The molecule has 2 aromatic carbocycles. The average molecular weight is 345 g/mol. The van der Waals surface area contributed by atoms with Crippen molar-refractivity contribution in [2.45, 2.75) is 13.0 Å². The zero-order valence-electron chi connectivity index (χ0n) is 13.1. The van der Waals surface area contributed by atoms with Gasteiger partial charge in [0.2, 0.25) is 12.3 Å². The smallest absolute Gasteiger partial charge is 0.265 e. The molecule has 0 saturated carbocycles. The van der Waals surface area contributed by atoms with Crippen LogP contribution in [0.3, 0.4) is 0 Å². The van der Waals surface area contributed by atoms with Crippen LogP contribution in [0.4, 0.5) is 14.5 Å². The first kappa shape index (κ1) is 16.6. The lowest BCUT2D eigenvalue weighted by atomic mass is 10.2. The number of nitrogens with zero attached hydrogens (tertiary/aromatic N) is 2.